The molecule has 0 aliphatic heterocycles. The maximum absolute atomic E-state index is 11.2. The lowest BCUT2D eigenvalue weighted by atomic mass is 10.1. The Labute approximate surface area is 118 Å². The first-order chi connectivity index (χ1) is 9.26. The fourth-order valence-electron chi connectivity index (χ4n) is 2.67. The molecule has 0 saturated heterocycles. The maximum Gasteiger partial charge on any atom is 0.310 e. The van der Waals surface area contributed by atoms with E-state index in [4.69, 9.17) is 4.74 Å². The monoisotopic (exact) mass is 279 g/mol. The minimum atomic E-state index is -0.157. The van der Waals surface area contributed by atoms with E-state index in [2.05, 4.69) is 11.4 Å². The topological polar surface area (TPSA) is 38.3 Å². The van der Waals surface area contributed by atoms with Crippen molar-refractivity contribution in [3.63, 3.8) is 0 Å². The minimum absolute atomic E-state index is 0.157. The van der Waals surface area contributed by atoms with Crippen LogP contribution in [0, 0.1) is 11.8 Å². The van der Waals surface area contributed by atoms with Gasteiger partial charge in [0.1, 0.15) is 0 Å². The van der Waals surface area contributed by atoms with Crippen LogP contribution in [0.15, 0.2) is 12.1 Å². The van der Waals surface area contributed by atoms with E-state index in [1.807, 2.05) is 6.07 Å². The Morgan fingerprint density at radius 1 is 1.32 bits per heavy atom. The normalized spacial score (nSPS) is 18.8. The Bertz CT molecular complexity index is 437. The van der Waals surface area contributed by atoms with Gasteiger partial charge in [-0.1, -0.05) is 0 Å². The SMILES string of the molecule is COC(=O)Cc1ccc(CNC(C2CC2)C2CC2)s1. The van der Waals surface area contributed by atoms with Crippen LogP contribution in [0.4, 0.5) is 0 Å². The number of hydrogen-bond acceptors (Lipinski definition) is 4. The molecule has 1 heterocycles. The number of rotatable bonds is 7. The largest absolute Gasteiger partial charge is 0.469 e. The zero-order valence-electron chi connectivity index (χ0n) is 11.4. The van der Waals surface area contributed by atoms with E-state index in [9.17, 15) is 4.79 Å². The summed E-state index contributed by atoms with van der Waals surface area (Å²) in [6.07, 6.45) is 6.03. The van der Waals surface area contributed by atoms with Gasteiger partial charge < -0.3 is 10.1 Å². The highest BCUT2D eigenvalue weighted by molar-refractivity contribution is 7.12. The molecule has 0 bridgehead atoms. The van der Waals surface area contributed by atoms with Gasteiger partial charge in [-0.15, -0.1) is 11.3 Å². The molecule has 0 amide bonds. The van der Waals surface area contributed by atoms with Crippen LogP contribution in [0.1, 0.15) is 35.4 Å². The molecule has 3 rings (SSSR count). The van der Waals surface area contributed by atoms with Crippen LogP contribution in [-0.4, -0.2) is 19.1 Å². The molecular weight excluding hydrogens is 258 g/mol. The summed E-state index contributed by atoms with van der Waals surface area (Å²) < 4.78 is 4.69. The van der Waals surface area contributed by atoms with Crippen molar-refractivity contribution in [1.29, 1.82) is 0 Å². The summed E-state index contributed by atoms with van der Waals surface area (Å²) in [4.78, 5) is 13.6. The van der Waals surface area contributed by atoms with Crippen molar-refractivity contribution in [3.8, 4) is 0 Å². The summed E-state index contributed by atoms with van der Waals surface area (Å²) in [7, 11) is 1.44. The average molecular weight is 279 g/mol. The molecule has 104 valence electrons. The average Bonchev–Trinajstić information content (AvgIpc) is 3.31. The van der Waals surface area contributed by atoms with Crippen molar-refractivity contribution in [2.24, 2.45) is 11.8 Å². The van der Waals surface area contributed by atoms with E-state index < -0.39 is 0 Å². The predicted molar refractivity (Wildman–Crippen MR) is 76.1 cm³/mol. The summed E-state index contributed by atoms with van der Waals surface area (Å²) in [5.74, 6) is 1.71. The zero-order valence-corrected chi connectivity index (χ0v) is 12.2. The van der Waals surface area contributed by atoms with Crippen LogP contribution in [0.5, 0.6) is 0 Å². The van der Waals surface area contributed by atoms with Crippen molar-refractivity contribution in [2.45, 2.75) is 44.7 Å². The molecule has 3 nitrogen and oxygen atoms in total. The van der Waals surface area contributed by atoms with Gasteiger partial charge in [-0.05, 0) is 49.7 Å². The van der Waals surface area contributed by atoms with Gasteiger partial charge in [-0.25, -0.2) is 0 Å². The third-order valence-electron chi connectivity index (χ3n) is 4.04. The first-order valence-corrected chi connectivity index (χ1v) is 7.95. The van der Waals surface area contributed by atoms with Crippen LogP contribution < -0.4 is 5.32 Å². The summed E-state index contributed by atoms with van der Waals surface area (Å²) in [6.45, 7) is 0.948. The summed E-state index contributed by atoms with van der Waals surface area (Å²) in [5, 5.41) is 3.73. The molecule has 0 radical (unpaired) electrons. The third-order valence-corrected chi connectivity index (χ3v) is 5.12. The molecule has 1 N–H and O–H groups in total. The Morgan fingerprint density at radius 3 is 2.53 bits per heavy atom. The Morgan fingerprint density at radius 2 is 1.95 bits per heavy atom. The Kier molecular flexibility index (Phi) is 3.89. The molecule has 2 saturated carbocycles. The molecule has 1 aromatic heterocycles. The first-order valence-electron chi connectivity index (χ1n) is 7.14. The molecule has 19 heavy (non-hydrogen) atoms. The van der Waals surface area contributed by atoms with Crippen LogP contribution in [0.25, 0.3) is 0 Å². The van der Waals surface area contributed by atoms with Gasteiger partial charge in [0, 0.05) is 22.3 Å². The highest BCUT2D eigenvalue weighted by Crippen LogP contribution is 2.44. The maximum atomic E-state index is 11.2. The van der Waals surface area contributed by atoms with Crippen LogP contribution in [-0.2, 0) is 22.5 Å². The van der Waals surface area contributed by atoms with E-state index in [1.54, 1.807) is 11.3 Å². The number of ether oxygens (including phenoxy) is 1. The highest BCUT2D eigenvalue weighted by Gasteiger charge is 2.40. The second kappa shape index (κ2) is 5.63. The number of thiophene rings is 1. The van der Waals surface area contributed by atoms with Crippen molar-refractivity contribution < 1.29 is 9.53 Å². The minimum Gasteiger partial charge on any atom is -0.469 e. The van der Waals surface area contributed by atoms with Crippen LogP contribution >= 0.6 is 11.3 Å². The van der Waals surface area contributed by atoms with Gasteiger partial charge in [0.2, 0.25) is 0 Å². The molecule has 0 unspecified atom stereocenters. The number of esters is 1. The lowest BCUT2D eigenvalue weighted by Gasteiger charge is -2.16. The first kappa shape index (κ1) is 13.1. The number of carbonyl (C=O) groups is 1. The van der Waals surface area contributed by atoms with Gasteiger partial charge in [0.15, 0.2) is 0 Å². The molecule has 2 aliphatic rings. The molecule has 2 aliphatic carbocycles. The Hall–Kier alpha value is -0.870. The second-order valence-electron chi connectivity index (χ2n) is 5.70. The lowest BCUT2D eigenvalue weighted by Crippen LogP contribution is -2.32. The summed E-state index contributed by atoms with van der Waals surface area (Å²) in [6, 6.07) is 4.92. The molecule has 2 fully saturated rings. The quantitative estimate of drug-likeness (QED) is 0.780. The Balaban J connectivity index is 1.50. The van der Waals surface area contributed by atoms with E-state index in [-0.39, 0.29) is 5.97 Å². The van der Waals surface area contributed by atoms with Gasteiger partial charge in [-0.2, -0.15) is 0 Å². The van der Waals surface area contributed by atoms with Crippen LogP contribution in [0.3, 0.4) is 0 Å². The highest BCUT2D eigenvalue weighted by atomic mass is 32.1. The van der Waals surface area contributed by atoms with Gasteiger partial charge in [0.05, 0.1) is 13.5 Å². The third kappa shape index (κ3) is 3.57. The molecule has 1 aromatic rings. The number of methoxy groups -OCH3 is 1. The molecule has 4 heteroatoms. The lowest BCUT2D eigenvalue weighted by molar-refractivity contribution is -0.139. The second-order valence-corrected chi connectivity index (χ2v) is 6.96. The smallest absolute Gasteiger partial charge is 0.310 e. The number of nitrogens with one attached hydrogen (secondary N) is 1. The summed E-state index contributed by atoms with van der Waals surface area (Å²) in [5.41, 5.74) is 0. The van der Waals surface area contributed by atoms with Crippen molar-refractivity contribution in [1.82, 2.24) is 5.32 Å². The zero-order chi connectivity index (χ0) is 13.2. The standard InChI is InChI=1S/C15H21NO2S/c1-18-14(17)8-12-6-7-13(19-12)9-16-15(10-2-3-10)11-4-5-11/h6-7,10-11,15-16H,2-5,8-9H2,1H3. The van der Waals surface area contributed by atoms with E-state index in [0.717, 1.165) is 29.3 Å². The number of carbonyl (C=O) groups excluding carboxylic acids is 1. The fourth-order valence-corrected chi connectivity index (χ4v) is 3.63. The number of hydrogen-bond donors (Lipinski definition) is 1. The molecule has 0 spiro atoms. The molecule has 0 atom stereocenters. The van der Waals surface area contributed by atoms with Gasteiger partial charge >= 0.3 is 5.97 Å². The van der Waals surface area contributed by atoms with Crippen molar-refractivity contribution in [2.75, 3.05) is 7.11 Å². The predicted octanol–water partition coefficient (Wildman–Crippen LogP) is 2.74. The van der Waals surface area contributed by atoms with Crippen molar-refractivity contribution in [3.05, 3.63) is 21.9 Å². The molecule has 0 aromatic carbocycles. The molecular formula is C15H21NO2S. The van der Waals surface area contributed by atoms with Crippen LogP contribution in [0.2, 0.25) is 0 Å². The van der Waals surface area contributed by atoms with E-state index in [0.29, 0.717) is 6.42 Å². The van der Waals surface area contributed by atoms with Crippen molar-refractivity contribution >= 4 is 17.3 Å². The van der Waals surface area contributed by atoms with E-state index >= 15 is 0 Å². The fraction of sp³-hybridized carbons (Fsp3) is 0.667. The summed E-state index contributed by atoms with van der Waals surface area (Å²) >= 11 is 1.72. The van der Waals surface area contributed by atoms with Gasteiger partial charge in [-0.3, -0.25) is 4.79 Å². The van der Waals surface area contributed by atoms with E-state index in [1.165, 1.54) is 37.7 Å². The van der Waals surface area contributed by atoms with Gasteiger partial charge in [0.25, 0.3) is 0 Å².